The fourth-order valence-corrected chi connectivity index (χ4v) is 3.20. The molecule has 3 rings (SSSR count). The Morgan fingerprint density at radius 2 is 1.59 bits per heavy atom. The van der Waals surface area contributed by atoms with Crippen LogP contribution >= 0.6 is 0 Å². The largest absolute Gasteiger partial charge is 0.416 e. The van der Waals surface area contributed by atoms with E-state index in [2.05, 4.69) is 5.32 Å². The molecule has 4 nitrogen and oxygen atoms in total. The van der Waals surface area contributed by atoms with E-state index < -0.39 is 29.6 Å². The SMILES string of the molecule is NC(=O)[C@@H](Cc1ccccc1C(F)(F)F)NC(=O)Cc1ccc2ccccc2c1. The predicted molar refractivity (Wildman–Crippen MR) is 104 cm³/mol. The number of hydrogen-bond acceptors (Lipinski definition) is 2. The quantitative estimate of drug-likeness (QED) is 0.664. The zero-order valence-electron chi connectivity index (χ0n) is 15.4. The molecule has 3 aromatic rings. The molecule has 0 spiro atoms. The van der Waals surface area contributed by atoms with E-state index in [0.29, 0.717) is 0 Å². The van der Waals surface area contributed by atoms with Gasteiger partial charge in [0.2, 0.25) is 11.8 Å². The van der Waals surface area contributed by atoms with Gasteiger partial charge in [-0.05, 0) is 28.0 Å². The number of benzene rings is 3. The molecule has 150 valence electrons. The molecule has 0 aliphatic heterocycles. The standard InChI is InChI=1S/C22H19F3N2O2/c23-22(24,25)18-8-4-3-7-17(18)13-19(21(26)29)27-20(28)12-14-9-10-15-5-1-2-6-16(15)11-14/h1-11,19H,12-13H2,(H2,26,29)(H,27,28)/t19-/m1/s1. The van der Waals surface area contributed by atoms with Gasteiger partial charge in [0, 0.05) is 6.42 Å². The zero-order chi connectivity index (χ0) is 21.0. The van der Waals surface area contributed by atoms with Crippen LogP contribution in [0, 0.1) is 0 Å². The summed E-state index contributed by atoms with van der Waals surface area (Å²) in [6, 6.07) is 16.8. The van der Waals surface area contributed by atoms with Crippen LogP contribution in [0.25, 0.3) is 10.8 Å². The van der Waals surface area contributed by atoms with Crippen LogP contribution in [0.3, 0.4) is 0 Å². The van der Waals surface area contributed by atoms with Crippen LogP contribution in [-0.2, 0) is 28.6 Å². The monoisotopic (exact) mass is 400 g/mol. The molecule has 0 aromatic heterocycles. The maximum atomic E-state index is 13.2. The molecule has 0 saturated heterocycles. The number of primary amides is 1. The number of carbonyl (C=O) groups excluding carboxylic acids is 2. The third-order valence-corrected chi connectivity index (χ3v) is 4.60. The number of halogens is 3. The summed E-state index contributed by atoms with van der Waals surface area (Å²) in [5.41, 5.74) is 5.09. The summed E-state index contributed by atoms with van der Waals surface area (Å²) in [7, 11) is 0. The normalized spacial score (nSPS) is 12.5. The lowest BCUT2D eigenvalue weighted by Crippen LogP contribution is -2.46. The first-order chi connectivity index (χ1) is 13.7. The summed E-state index contributed by atoms with van der Waals surface area (Å²) in [5.74, 6) is -1.39. The first-order valence-corrected chi connectivity index (χ1v) is 8.95. The Morgan fingerprint density at radius 3 is 2.28 bits per heavy atom. The van der Waals surface area contributed by atoms with Gasteiger partial charge in [-0.2, -0.15) is 13.2 Å². The minimum Gasteiger partial charge on any atom is -0.368 e. The van der Waals surface area contributed by atoms with Crippen LogP contribution in [0.1, 0.15) is 16.7 Å². The number of nitrogens with two attached hydrogens (primary N) is 1. The van der Waals surface area contributed by atoms with Gasteiger partial charge in [0.25, 0.3) is 0 Å². The number of amides is 2. The minimum atomic E-state index is -4.56. The molecule has 0 saturated carbocycles. The lowest BCUT2D eigenvalue weighted by atomic mass is 9.99. The number of carbonyl (C=O) groups is 2. The van der Waals surface area contributed by atoms with Crippen molar-refractivity contribution in [2.24, 2.45) is 5.73 Å². The first-order valence-electron chi connectivity index (χ1n) is 8.95. The van der Waals surface area contributed by atoms with E-state index in [1.807, 2.05) is 36.4 Å². The summed E-state index contributed by atoms with van der Waals surface area (Å²) < 4.78 is 39.5. The maximum absolute atomic E-state index is 13.2. The molecule has 7 heteroatoms. The Labute approximate surface area is 165 Å². The first kappa shape index (κ1) is 20.4. The summed E-state index contributed by atoms with van der Waals surface area (Å²) in [6.45, 7) is 0. The Bertz CT molecular complexity index is 1050. The number of fused-ring (bicyclic) bond motifs is 1. The lowest BCUT2D eigenvalue weighted by Gasteiger charge is -2.19. The van der Waals surface area contributed by atoms with Crippen molar-refractivity contribution in [1.29, 1.82) is 0 Å². The van der Waals surface area contributed by atoms with Crippen LogP contribution in [-0.4, -0.2) is 17.9 Å². The minimum absolute atomic E-state index is 0.0183. The van der Waals surface area contributed by atoms with E-state index in [-0.39, 0.29) is 18.4 Å². The van der Waals surface area contributed by atoms with Gasteiger partial charge in [-0.1, -0.05) is 60.7 Å². The van der Waals surface area contributed by atoms with Crippen molar-refractivity contribution >= 4 is 22.6 Å². The van der Waals surface area contributed by atoms with Crippen molar-refractivity contribution in [1.82, 2.24) is 5.32 Å². The molecule has 0 fully saturated rings. The van der Waals surface area contributed by atoms with Gasteiger partial charge in [0.05, 0.1) is 12.0 Å². The molecule has 3 N–H and O–H groups in total. The molecular weight excluding hydrogens is 381 g/mol. The molecule has 0 heterocycles. The lowest BCUT2D eigenvalue weighted by molar-refractivity contribution is -0.138. The molecule has 2 amide bonds. The zero-order valence-corrected chi connectivity index (χ0v) is 15.4. The average molecular weight is 400 g/mol. The predicted octanol–water partition coefficient (Wildman–Crippen LogP) is 3.61. The van der Waals surface area contributed by atoms with E-state index in [1.54, 1.807) is 6.07 Å². The number of rotatable bonds is 6. The van der Waals surface area contributed by atoms with E-state index in [0.717, 1.165) is 22.4 Å². The molecule has 3 aromatic carbocycles. The van der Waals surface area contributed by atoms with Gasteiger partial charge in [0.1, 0.15) is 6.04 Å². The van der Waals surface area contributed by atoms with Crippen LogP contribution in [0.4, 0.5) is 13.2 Å². The highest BCUT2D eigenvalue weighted by atomic mass is 19.4. The summed E-state index contributed by atoms with van der Waals surface area (Å²) >= 11 is 0. The van der Waals surface area contributed by atoms with Crippen LogP contribution in [0.2, 0.25) is 0 Å². The molecule has 0 aliphatic rings. The van der Waals surface area contributed by atoms with Gasteiger partial charge in [0.15, 0.2) is 0 Å². The van der Waals surface area contributed by atoms with Crippen molar-refractivity contribution in [2.45, 2.75) is 25.1 Å². The Morgan fingerprint density at radius 1 is 0.931 bits per heavy atom. The fraction of sp³-hybridized carbons (Fsp3) is 0.182. The van der Waals surface area contributed by atoms with Crippen molar-refractivity contribution < 1.29 is 22.8 Å². The second-order valence-electron chi connectivity index (χ2n) is 6.74. The number of hydrogen-bond donors (Lipinski definition) is 2. The second kappa shape index (κ2) is 8.34. The summed E-state index contributed by atoms with van der Waals surface area (Å²) in [4.78, 5) is 24.1. The Balaban J connectivity index is 1.73. The van der Waals surface area contributed by atoms with E-state index in [4.69, 9.17) is 5.73 Å². The molecule has 0 radical (unpaired) electrons. The number of alkyl halides is 3. The molecule has 0 aliphatic carbocycles. The third kappa shape index (κ3) is 5.13. The van der Waals surface area contributed by atoms with Gasteiger partial charge in [-0.3, -0.25) is 9.59 Å². The van der Waals surface area contributed by atoms with Crippen LogP contribution in [0.15, 0.2) is 66.7 Å². The topological polar surface area (TPSA) is 72.2 Å². The van der Waals surface area contributed by atoms with Crippen molar-refractivity contribution in [3.05, 3.63) is 83.4 Å². The van der Waals surface area contributed by atoms with Crippen LogP contribution < -0.4 is 11.1 Å². The smallest absolute Gasteiger partial charge is 0.368 e. The maximum Gasteiger partial charge on any atom is 0.416 e. The number of nitrogens with one attached hydrogen (secondary N) is 1. The highest BCUT2D eigenvalue weighted by Gasteiger charge is 2.34. The van der Waals surface area contributed by atoms with Gasteiger partial charge in [-0.25, -0.2) is 0 Å². The van der Waals surface area contributed by atoms with E-state index >= 15 is 0 Å². The molecule has 0 bridgehead atoms. The van der Waals surface area contributed by atoms with Gasteiger partial charge < -0.3 is 11.1 Å². The Hall–Kier alpha value is -3.35. The fourth-order valence-electron chi connectivity index (χ4n) is 3.20. The summed E-state index contributed by atoms with van der Waals surface area (Å²) in [6.07, 6.45) is -4.92. The van der Waals surface area contributed by atoms with Gasteiger partial charge >= 0.3 is 6.18 Å². The molecular formula is C22H19F3N2O2. The highest BCUT2D eigenvalue weighted by molar-refractivity contribution is 5.89. The van der Waals surface area contributed by atoms with Crippen molar-refractivity contribution in [3.63, 3.8) is 0 Å². The van der Waals surface area contributed by atoms with Crippen LogP contribution in [0.5, 0.6) is 0 Å². The molecule has 0 unspecified atom stereocenters. The Kier molecular flexibility index (Phi) is 5.87. The highest BCUT2D eigenvalue weighted by Crippen LogP contribution is 2.32. The summed E-state index contributed by atoms with van der Waals surface area (Å²) in [5, 5.41) is 4.44. The second-order valence-corrected chi connectivity index (χ2v) is 6.74. The third-order valence-electron chi connectivity index (χ3n) is 4.60. The molecule has 1 atom stereocenters. The van der Waals surface area contributed by atoms with Crippen molar-refractivity contribution in [2.75, 3.05) is 0 Å². The average Bonchev–Trinajstić information content (AvgIpc) is 2.67. The van der Waals surface area contributed by atoms with E-state index in [9.17, 15) is 22.8 Å². The molecule has 29 heavy (non-hydrogen) atoms. The van der Waals surface area contributed by atoms with Gasteiger partial charge in [-0.15, -0.1) is 0 Å². The van der Waals surface area contributed by atoms with E-state index in [1.165, 1.54) is 18.2 Å². The van der Waals surface area contributed by atoms with Crippen molar-refractivity contribution in [3.8, 4) is 0 Å².